The Hall–Kier alpha value is -2.72. The largest absolute Gasteiger partial charge is 0.333 e. The Kier molecular flexibility index (Phi) is 6.38. The van der Waals surface area contributed by atoms with E-state index in [1.165, 1.54) is 9.13 Å². The zero-order chi connectivity index (χ0) is 22.0. The molecule has 0 aliphatic heterocycles. The maximum atomic E-state index is 12.9. The average molecular weight is 463 g/mol. The average Bonchev–Trinajstić information content (AvgIpc) is 3.47. The van der Waals surface area contributed by atoms with Crippen molar-refractivity contribution in [3.63, 3.8) is 0 Å². The van der Waals surface area contributed by atoms with Crippen molar-refractivity contribution in [1.82, 2.24) is 29.2 Å². The quantitative estimate of drug-likeness (QED) is 0.299. The van der Waals surface area contributed by atoms with E-state index in [1.54, 1.807) is 11.3 Å². The highest BCUT2D eigenvalue weighted by Crippen LogP contribution is 2.27. The van der Waals surface area contributed by atoms with Crippen LogP contribution in [0.25, 0.3) is 21.9 Å². The molecule has 0 radical (unpaired) electrons. The Morgan fingerprint density at radius 1 is 1.16 bits per heavy atom. The van der Waals surface area contributed by atoms with Crippen LogP contribution in [-0.4, -0.2) is 29.2 Å². The molecule has 4 heterocycles. The number of imidazole rings is 1. The van der Waals surface area contributed by atoms with Crippen molar-refractivity contribution >= 4 is 34.1 Å². The number of H-pyrrole nitrogens is 1. The van der Waals surface area contributed by atoms with Crippen molar-refractivity contribution in [2.24, 2.45) is 0 Å². The summed E-state index contributed by atoms with van der Waals surface area (Å²) in [5.41, 5.74) is 0.919. The number of rotatable bonds is 9. The summed E-state index contributed by atoms with van der Waals surface area (Å²) in [6.45, 7) is 4.83. The van der Waals surface area contributed by atoms with Gasteiger partial charge in [0, 0.05) is 19.5 Å². The molecule has 0 atom stereocenters. The molecule has 4 rings (SSSR count). The van der Waals surface area contributed by atoms with E-state index in [4.69, 9.17) is 16.1 Å². The molecule has 0 aliphatic rings. The molecule has 0 bridgehead atoms. The number of hydrogen-bond donors (Lipinski definition) is 1. The summed E-state index contributed by atoms with van der Waals surface area (Å²) in [5.74, 6) is 1.14. The summed E-state index contributed by atoms with van der Waals surface area (Å²) in [4.78, 5) is 38.1. The zero-order valence-corrected chi connectivity index (χ0v) is 18.9. The Morgan fingerprint density at radius 3 is 2.71 bits per heavy atom. The SMILES string of the molecule is CCCCn1c(=O)n(CCCCc2noc(-c3sccc3C)n2)c(=O)c2[nH]c(Cl)nc21. The molecule has 164 valence electrons. The molecule has 11 heteroatoms. The number of thiophene rings is 1. The van der Waals surface area contributed by atoms with E-state index in [2.05, 4.69) is 20.1 Å². The van der Waals surface area contributed by atoms with Crippen molar-refractivity contribution in [1.29, 1.82) is 0 Å². The third-order valence-electron chi connectivity index (χ3n) is 5.12. The lowest BCUT2D eigenvalue weighted by atomic mass is 10.2. The predicted octanol–water partition coefficient (Wildman–Crippen LogP) is 3.78. The van der Waals surface area contributed by atoms with E-state index in [-0.39, 0.29) is 16.5 Å². The second kappa shape index (κ2) is 9.19. The van der Waals surface area contributed by atoms with E-state index in [9.17, 15) is 9.59 Å². The monoisotopic (exact) mass is 462 g/mol. The molecule has 31 heavy (non-hydrogen) atoms. The maximum absolute atomic E-state index is 12.9. The first-order valence-electron chi connectivity index (χ1n) is 10.3. The van der Waals surface area contributed by atoms with Gasteiger partial charge in [-0.15, -0.1) is 11.3 Å². The van der Waals surface area contributed by atoms with Gasteiger partial charge in [-0.25, -0.2) is 4.79 Å². The Labute approximate surface area is 186 Å². The number of unbranched alkanes of at least 4 members (excludes halogenated alkanes) is 2. The van der Waals surface area contributed by atoms with Crippen molar-refractivity contribution in [2.45, 2.75) is 59.0 Å². The van der Waals surface area contributed by atoms with Crippen LogP contribution in [0.2, 0.25) is 5.28 Å². The van der Waals surface area contributed by atoms with Gasteiger partial charge in [0.05, 0.1) is 4.88 Å². The Morgan fingerprint density at radius 2 is 1.97 bits per heavy atom. The molecule has 0 saturated heterocycles. The summed E-state index contributed by atoms with van der Waals surface area (Å²) in [7, 11) is 0. The number of fused-ring (bicyclic) bond motifs is 1. The van der Waals surface area contributed by atoms with Crippen LogP contribution in [0.4, 0.5) is 0 Å². The molecular weight excluding hydrogens is 440 g/mol. The van der Waals surface area contributed by atoms with Crippen LogP contribution in [0.1, 0.15) is 44.0 Å². The van der Waals surface area contributed by atoms with E-state index < -0.39 is 5.56 Å². The third-order valence-corrected chi connectivity index (χ3v) is 6.31. The summed E-state index contributed by atoms with van der Waals surface area (Å²) in [5, 5.41) is 6.13. The van der Waals surface area contributed by atoms with Crippen LogP contribution in [0, 0.1) is 6.92 Å². The minimum absolute atomic E-state index is 0.100. The van der Waals surface area contributed by atoms with Gasteiger partial charge in [-0.05, 0) is 54.8 Å². The van der Waals surface area contributed by atoms with Gasteiger partial charge >= 0.3 is 5.69 Å². The Balaban J connectivity index is 1.47. The molecule has 4 aromatic heterocycles. The van der Waals surface area contributed by atoms with Crippen molar-refractivity contribution in [3.8, 4) is 10.8 Å². The van der Waals surface area contributed by atoms with Crippen LogP contribution in [0.5, 0.6) is 0 Å². The van der Waals surface area contributed by atoms with E-state index in [0.29, 0.717) is 49.7 Å². The lowest BCUT2D eigenvalue weighted by molar-refractivity contribution is 0.421. The van der Waals surface area contributed by atoms with Crippen LogP contribution >= 0.6 is 22.9 Å². The number of aromatic nitrogens is 6. The molecule has 0 saturated carbocycles. The van der Waals surface area contributed by atoms with E-state index in [0.717, 1.165) is 23.3 Å². The highest BCUT2D eigenvalue weighted by molar-refractivity contribution is 7.13. The van der Waals surface area contributed by atoms with E-state index in [1.807, 2.05) is 25.3 Å². The van der Waals surface area contributed by atoms with Gasteiger partial charge in [-0.3, -0.25) is 13.9 Å². The molecule has 0 aliphatic carbocycles. The smallest absolute Gasteiger partial charge is 0.332 e. The predicted molar refractivity (Wildman–Crippen MR) is 120 cm³/mol. The van der Waals surface area contributed by atoms with Gasteiger partial charge in [-0.1, -0.05) is 18.5 Å². The number of aromatic amines is 1. The highest BCUT2D eigenvalue weighted by Gasteiger charge is 2.17. The molecule has 4 aromatic rings. The number of nitrogens with zero attached hydrogens (tertiary/aromatic N) is 5. The van der Waals surface area contributed by atoms with Crippen LogP contribution in [-0.2, 0) is 19.5 Å². The van der Waals surface area contributed by atoms with Crippen LogP contribution < -0.4 is 11.2 Å². The van der Waals surface area contributed by atoms with Crippen molar-refractivity contribution in [2.75, 3.05) is 0 Å². The summed E-state index contributed by atoms with van der Waals surface area (Å²) in [6.07, 6.45) is 3.67. The molecule has 0 unspecified atom stereocenters. The molecular formula is C20H23ClN6O3S. The summed E-state index contributed by atoms with van der Waals surface area (Å²) >= 11 is 7.52. The Bertz CT molecular complexity index is 1310. The van der Waals surface area contributed by atoms with Gasteiger partial charge < -0.3 is 9.51 Å². The molecule has 0 amide bonds. The molecule has 1 N–H and O–H groups in total. The summed E-state index contributed by atoms with van der Waals surface area (Å²) < 4.78 is 8.14. The lowest BCUT2D eigenvalue weighted by Gasteiger charge is -2.10. The summed E-state index contributed by atoms with van der Waals surface area (Å²) in [6, 6.07) is 2.01. The molecule has 0 spiro atoms. The molecule has 0 fully saturated rings. The second-order valence-electron chi connectivity index (χ2n) is 7.38. The number of hydrogen-bond acceptors (Lipinski definition) is 7. The van der Waals surface area contributed by atoms with Crippen LogP contribution in [0.3, 0.4) is 0 Å². The zero-order valence-electron chi connectivity index (χ0n) is 17.4. The van der Waals surface area contributed by atoms with E-state index >= 15 is 0 Å². The standard InChI is InChI=1S/C20H23ClN6O3S/c1-3-4-9-26-16-14(23-19(21)24-16)18(28)27(20(26)29)10-6-5-7-13-22-17(30-25-13)15-12(2)8-11-31-15/h8,11H,3-7,9-10H2,1-2H3,(H,23,24). The van der Waals surface area contributed by atoms with Gasteiger partial charge in [-0.2, -0.15) is 9.97 Å². The molecule has 0 aromatic carbocycles. The fourth-order valence-corrected chi connectivity index (χ4v) is 4.47. The lowest BCUT2D eigenvalue weighted by Crippen LogP contribution is -2.40. The van der Waals surface area contributed by atoms with Gasteiger partial charge in [0.2, 0.25) is 5.28 Å². The van der Waals surface area contributed by atoms with Crippen molar-refractivity contribution in [3.05, 3.63) is 49.0 Å². The van der Waals surface area contributed by atoms with Gasteiger partial charge in [0.15, 0.2) is 17.0 Å². The molecule has 9 nitrogen and oxygen atoms in total. The minimum atomic E-state index is -0.401. The fourth-order valence-electron chi connectivity index (χ4n) is 3.45. The number of nitrogens with one attached hydrogen (secondary N) is 1. The normalized spacial score (nSPS) is 11.6. The number of halogens is 1. The first-order valence-corrected chi connectivity index (χ1v) is 11.5. The maximum Gasteiger partial charge on any atom is 0.332 e. The van der Waals surface area contributed by atoms with Gasteiger partial charge in [0.1, 0.15) is 0 Å². The minimum Gasteiger partial charge on any atom is -0.333 e. The highest BCUT2D eigenvalue weighted by atomic mass is 35.5. The fraction of sp³-hybridized carbons (Fsp3) is 0.450. The number of aryl methyl sites for hydroxylation is 3. The first-order chi connectivity index (χ1) is 15.0. The van der Waals surface area contributed by atoms with Gasteiger partial charge in [0.25, 0.3) is 11.4 Å². The third kappa shape index (κ3) is 4.35. The topological polar surface area (TPSA) is 112 Å². The first kappa shape index (κ1) is 21.5. The van der Waals surface area contributed by atoms with Crippen LogP contribution in [0.15, 0.2) is 25.6 Å². The second-order valence-corrected chi connectivity index (χ2v) is 8.65. The van der Waals surface area contributed by atoms with Crippen molar-refractivity contribution < 1.29 is 4.52 Å².